The zero-order chi connectivity index (χ0) is 40.3. The van der Waals surface area contributed by atoms with E-state index in [4.69, 9.17) is 4.74 Å². The van der Waals surface area contributed by atoms with Crippen molar-refractivity contribution in [3.05, 3.63) is 95.3 Å². The fraction of sp³-hybridized carbons (Fsp3) is 0.467. The van der Waals surface area contributed by atoms with Crippen molar-refractivity contribution in [1.29, 1.82) is 0 Å². The molecule has 2 N–H and O–H groups in total. The highest BCUT2D eigenvalue weighted by Crippen LogP contribution is 2.34. The van der Waals surface area contributed by atoms with Gasteiger partial charge in [-0.25, -0.2) is 0 Å². The average molecular weight is 790 g/mol. The van der Waals surface area contributed by atoms with E-state index in [9.17, 15) is 24.0 Å². The number of aromatic nitrogens is 1. The average Bonchev–Trinajstić information content (AvgIpc) is 3.59. The summed E-state index contributed by atoms with van der Waals surface area (Å²) >= 11 is 0. The predicted molar refractivity (Wildman–Crippen MR) is 221 cm³/mol. The Balaban J connectivity index is 0.750. The first-order valence-corrected chi connectivity index (χ1v) is 20.9. The van der Waals surface area contributed by atoms with Gasteiger partial charge in [0.1, 0.15) is 11.8 Å². The maximum atomic E-state index is 13.3. The molecule has 3 fully saturated rings. The second-order valence-electron chi connectivity index (χ2n) is 15.8. The number of pyridine rings is 1. The van der Waals surface area contributed by atoms with Gasteiger partial charge in [0.2, 0.25) is 17.7 Å². The highest BCUT2D eigenvalue weighted by atomic mass is 16.5. The lowest BCUT2D eigenvalue weighted by Gasteiger charge is -2.36. The van der Waals surface area contributed by atoms with Gasteiger partial charge in [-0.15, -0.1) is 0 Å². The summed E-state index contributed by atoms with van der Waals surface area (Å²) in [4.78, 5) is 75.2. The van der Waals surface area contributed by atoms with E-state index >= 15 is 0 Å². The van der Waals surface area contributed by atoms with Crippen LogP contribution < -0.4 is 20.3 Å². The molecule has 1 unspecified atom stereocenters. The number of unbranched alkanes of at least 4 members (excludes halogenated alkanes) is 2. The van der Waals surface area contributed by atoms with Crippen LogP contribution >= 0.6 is 0 Å². The largest absolute Gasteiger partial charge is 0.493 e. The van der Waals surface area contributed by atoms with Gasteiger partial charge in [0, 0.05) is 88.5 Å². The van der Waals surface area contributed by atoms with Crippen LogP contribution in [0.4, 0.5) is 5.69 Å². The second-order valence-corrected chi connectivity index (χ2v) is 15.8. The van der Waals surface area contributed by atoms with Crippen LogP contribution in [0.5, 0.6) is 5.75 Å². The molecule has 0 spiro atoms. The number of benzene rings is 2. The van der Waals surface area contributed by atoms with Crippen LogP contribution in [0.15, 0.2) is 73.1 Å². The van der Waals surface area contributed by atoms with Crippen LogP contribution in [0.1, 0.15) is 89.6 Å². The quantitative estimate of drug-likeness (QED) is 0.120. The Kier molecular flexibility index (Phi) is 13.8. The number of likely N-dealkylation sites (tertiary alicyclic amines) is 1. The number of fused-ring (bicyclic) bond motifs is 1. The van der Waals surface area contributed by atoms with Gasteiger partial charge in [-0.3, -0.25) is 39.2 Å². The van der Waals surface area contributed by atoms with Crippen molar-refractivity contribution in [3.8, 4) is 5.75 Å². The lowest BCUT2D eigenvalue weighted by atomic mass is 9.91. The van der Waals surface area contributed by atoms with Crippen molar-refractivity contribution < 1.29 is 28.7 Å². The van der Waals surface area contributed by atoms with Gasteiger partial charge in [-0.05, 0) is 105 Å². The molecule has 0 bridgehead atoms. The van der Waals surface area contributed by atoms with Gasteiger partial charge in [-0.1, -0.05) is 31.0 Å². The number of amides is 5. The van der Waals surface area contributed by atoms with E-state index < -0.39 is 11.9 Å². The molecule has 58 heavy (non-hydrogen) atoms. The number of carbonyl (C=O) groups is 5. The summed E-state index contributed by atoms with van der Waals surface area (Å²) in [5.41, 5.74) is 4.16. The zero-order valence-corrected chi connectivity index (χ0v) is 33.3. The number of rotatable bonds is 16. The maximum absolute atomic E-state index is 13.3. The smallest absolute Gasteiger partial charge is 0.258 e. The third-order valence-electron chi connectivity index (χ3n) is 11.8. The molecule has 306 valence electrons. The summed E-state index contributed by atoms with van der Waals surface area (Å²) < 4.78 is 6.11. The van der Waals surface area contributed by atoms with Gasteiger partial charge in [0.05, 0.1) is 12.2 Å². The van der Waals surface area contributed by atoms with Crippen molar-refractivity contribution in [2.45, 2.75) is 70.4 Å². The molecule has 5 heterocycles. The molecule has 0 radical (unpaired) electrons. The Morgan fingerprint density at radius 3 is 2.45 bits per heavy atom. The van der Waals surface area contributed by atoms with Gasteiger partial charge in [0.25, 0.3) is 11.8 Å². The summed E-state index contributed by atoms with van der Waals surface area (Å²) in [5, 5.41) is 5.31. The Morgan fingerprint density at radius 2 is 1.69 bits per heavy atom. The summed E-state index contributed by atoms with van der Waals surface area (Å²) in [7, 11) is 0. The molecule has 1 atom stereocenters. The molecule has 4 aliphatic heterocycles. The molecule has 1 aromatic heterocycles. The number of ether oxygens (including phenoxy) is 1. The van der Waals surface area contributed by atoms with Gasteiger partial charge in [-0.2, -0.15) is 0 Å². The highest BCUT2D eigenvalue weighted by molar-refractivity contribution is 6.06. The third kappa shape index (κ3) is 10.5. The van der Waals surface area contributed by atoms with Crippen LogP contribution in [-0.2, 0) is 20.9 Å². The zero-order valence-electron chi connectivity index (χ0n) is 33.3. The normalized spacial score (nSPS) is 19.1. The molecule has 7 rings (SSSR count). The number of piperidine rings is 2. The van der Waals surface area contributed by atoms with E-state index in [1.54, 1.807) is 29.4 Å². The van der Waals surface area contributed by atoms with Crippen molar-refractivity contribution in [2.75, 3.05) is 63.9 Å². The van der Waals surface area contributed by atoms with E-state index in [2.05, 4.69) is 37.6 Å². The second kappa shape index (κ2) is 19.7. The van der Waals surface area contributed by atoms with E-state index in [1.165, 1.54) is 0 Å². The van der Waals surface area contributed by atoms with E-state index in [-0.39, 0.29) is 30.0 Å². The van der Waals surface area contributed by atoms with Crippen molar-refractivity contribution in [1.82, 2.24) is 30.3 Å². The molecule has 3 aromatic rings. The Bertz CT molecular complexity index is 1940. The van der Waals surface area contributed by atoms with Crippen LogP contribution in [0.25, 0.3) is 6.08 Å². The first-order valence-electron chi connectivity index (χ1n) is 20.9. The summed E-state index contributed by atoms with van der Waals surface area (Å²) in [5.74, 6) is 0.264. The number of nitrogens with zero attached hydrogens (tertiary/aromatic N) is 5. The molecule has 0 saturated carbocycles. The topological polar surface area (TPSA) is 144 Å². The minimum absolute atomic E-state index is 0.0872. The third-order valence-corrected chi connectivity index (χ3v) is 11.8. The summed E-state index contributed by atoms with van der Waals surface area (Å²) in [6.07, 6.45) is 14.3. The number of hydrogen-bond donors (Lipinski definition) is 2. The minimum Gasteiger partial charge on any atom is -0.493 e. The van der Waals surface area contributed by atoms with Crippen molar-refractivity contribution in [3.63, 3.8) is 0 Å². The van der Waals surface area contributed by atoms with Crippen LogP contribution in [-0.4, -0.2) is 114 Å². The number of imide groups is 1. The highest BCUT2D eigenvalue weighted by Gasteiger charge is 2.40. The molecular weight excluding hydrogens is 735 g/mol. The Morgan fingerprint density at radius 1 is 0.879 bits per heavy atom. The molecule has 13 heteroatoms. The first-order chi connectivity index (χ1) is 28.3. The lowest BCUT2D eigenvalue weighted by Crippen LogP contribution is -2.52. The van der Waals surface area contributed by atoms with Crippen LogP contribution in [0, 0.1) is 5.92 Å². The van der Waals surface area contributed by atoms with Crippen molar-refractivity contribution >= 4 is 41.3 Å². The minimum atomic E-state index is -0.640. The van der Waals surface area contributed by atoms with Crippen LogP contribution in [0.3, 0.4) is 0 Å². The van der Waals surface area contributed by atoms with Gasteiger partial charge < -0.3 is 24.8 Å². The van der Waals surface area contributed by atoms with Gasteiger partial charge in [0.15, 0.2) is 0 Å². The van der Waals surface area contributed by atoms with Crippen molar-refractivity contribution in [2.24, 2.45) is 5.92 Å². The number of hydrogen-bond acceptors (Lipinski definition) is 9. The first kappa shape index (κ1) is 40.6. The number of nitrogens with one attached hydrogen (secondary N) is 2. The Hall–Kier alpha value is -5.56. The monoisotopic (exact) mass is 789 g/mol. The summed E-state index contributed by atoms with van der Waals surface area (Å²) in [6.45, 7) is 7.83. The van der Waals surface area contributed by atoms with Crippen LogP contribution in [0.2, 0.25) is 0 Å². The lowest BCUT2D eigenvalue weighted by molar-refractivity contribution is -0.137. The fourth-order valence-corrected chi connectivity index (χ4v) is 8.45. The number of anilines is 1. The molecule has 3 saturated heterocycles. The molecule has 2 aromatic carbocycles. The summed E-state index contributed by atoms with van der Waals surface area (Å²) in [6, 6.07) is 16.8. The predicted octanol–water partition coefficient (Wildman–Crippen LogP) is 4.68. The molecule has 0 aliphatic carbocycles. The number of carbonyl (C=O) groups excluding carboxylic acids is 5. The fourth-order valence-electron chi connectivity index (χ4n) is 8.45. The molecule has 13 nitrogen and oxygen atoms in total. The SMILES string of the molecule is O=C(/C=C/c1cccnc1)NCCCCC1CCN(C(=O)c2ccc(N3CCN(CCCCOc4cccc5c4C(=O)N(C4CCC(=O)NC4=O)C5)CC3)cc2)CC1. The van der Waals surface area contributed by atoms with E-state index in [0.717, 1.165) is 113 Å². The maximum Gasteiger partial charge on any atom is 0.258 e. The molecule has 4 aliphatic rings. The van der Waals surface area contributed by atoms with E-state index in [0.29, 0.717) is 43.3 Å². The molecular formula is C45H55N7O6. The standard InChI is InChI=1S/C45H55N7O6/c53-40(17-11-34-8-6-21-46-31-34)47-22-2-1-7-33-19-24-51(25-20-33)44(56)35-12-14-37(15-13-35)50-28-26-49(27-29-50)23-3-4-30-58-39-10-5-9-36-32-52(45(57)42(36)39)38-16-18-41(54)48-43(38)55/h5-6,8-15,17,21,31,33,38H,1-4,7,16,18-20,22-30,32H2,(H,47,53)(H,48,54,55)/b17-11+. The molecule has 5 amide bonds. The van der Waals surface area contributed by atoms with Gasteiger partial charge >= 0.3 is 0 Å². The van der Waals surface area contributed by atoms with E-state index in [1.807, 2.05) is 47.4 Å². The Labute approximate surface area is 340 Å². The number of piperazine rings is 1.